The van der Waals surface area contributed by atoms with E-state index < -0.39 is 6.17 Å². The van der Waals surface area contributed by atoms with Gasteiger partial charge in [0.15, 0.2) is 0 Å². The van der Waals surface area contributed by atoms with Gasteiger partial charge in [-0.2, -0.15) is 11.8 Å². The number of rotatable bonds is 4. The average Bonchev–Trinajstić information content (AvgIpc) is 2.60. The van der Waals surface area contributed by atoms with Gasteiger partial charge >= 0.3 is 0 Å². The highest BCUT2D eigenvalue weighted by atomic mass is 35.5. The molecule has 6 heteroatoms. The molecule has 1 fully saturated rings. The van der Waals surface area contributed by atoms with Crippen molar-refractivity contribution in [1.82, 2.24) is 10.6 Å². The van der Waals surface area contributed by atoms with Gasteiger partial charge in [-0.05, 0) is 6.26 Å². The fourth-order valence-electron chi connectivity index (χ4n) is 1.34. The van der Waals surface area contributed by atoms with Crippen LogP contribution >= 0.6 is 24.2 Å². The topological polar surface area (TPSA) is 41.1 Å². The molecule has 0 aliphatic carbocycles. The maximum atomic E-state index is 12.8. The van der Waals surface area contributed by atoms with Gasteiger partial charge in [0, 0.05) is 24.8 Å². The summed E-state index contributed by atoms with van der Waals surface area (Å²) < 4.78 is 12.8. The average molecular weight is 257 g/mol. The highest BCUT2D eigenvalue weighted by Crippen LogP contribution is 2.10. The first kappa shape index (κ1) is 15.0. The predicted molar refractivity (Wildman–Crippen MR) is 64.5 cm³/mol. The van der Waals surface area contributed by atoms with Gasteiger partial charge in [-0.25, -0.2) is 4.39 Å². The summed E-state index contributed by atoms with van der Waals surface area (Å²) in [5.74, 6) is -0.0777. The Bertz CT molecular complexity index is 209. The molecule has 1 saturated heterocycles. The van der Waals surface area contributed by atoms with Gasteiger partial charge in [0.2, 0.25) is 5.91 Å². The monoisotopic (exact) mass is 256 g/mol. The summed E-state index contributed by atoms with van der Waals surface area (Å²) in [6, 6.07) is -0.334. The fraction of sp³-hybridized carbons (Fsp3) is 0.889. The number of nitrogens with one attached hydrogen (secondary N) is 2. The van der Waals surface area contributed by atoms with Gasteiger partial charge < -0.3 is 10.6 Å². The van der Waals surface area contributed by atoms with Crippen LogP contribution in [0.3, 0.4) is 0 Å². The van der Waals surface area contributed by atoms with Crippen LogP contribution in [0.1, 0.15) is 13.3 Å². The highest BCUT2D eigenvalue weighted by molar-refractivity contribution is 7.99. The standard InChI is InChI=1S/C9H17FN2OS.ClH/c1-6(14-2)4-12-9(13)8-3-7(10)5-11-8;/h6-8,11H,3-5H2,1-2H3,(H,12,13);1H/t6?,7-,8+;/m0./s1. The largest absolute Gasteiger partial charge is 0.354 e. The van der Waals surface area contributed by atoms with Crippen LogP contribution in [0, 0.1) is 0 Å². The Balaban J connectivity index is 0.00000196. The van der Waals surface area contributed by atoms with E-state index in [0.717, 1.165) is 0 Å². The van der Waals surface area contributed by atoms with Crippen LogP contribution in [-0.2, 0) is 4.79 Å². The lowest BCUT2D eigenvalue weighted by molar-refractivity contribution is -0.122. The number of carbonyl (C=O) groups excluding carboxylic acids is 1. The number of hydrogen-bond acceptors (Lipinski definition) is 3. The lowest BCUT2D eigenvalue weighted by Crippen LogP contribution is -2.42. The summed E-state index contributed by atoms with van der Waals surface area (Å²) in [4.78, 5) is 11.5. The number of hydrogen-bond donors (Lipinski definition) is 2. The lowest BCUT2D eigenvalue weighted by atomic mass is 10.2. The molecule has 0 radical (unpaired) electrons. The van der Waals surface area contributed by atoms with Crippen molar-refractivity contribution in [3.05, 3.63) is 0 Å². The Hall–Kier alpha value is -0.0000000000000000555. The van der Waals surface area contributed by atoms with Crippen molar-refractivity contribution in [3.8, 4) is 0 Å². The van der Waals surface area contributed by atoms with Gasteiger partial charge in [0.05, 0.1) is 6.04 Å². The molecule has 0 aromatic carbocycles. The zero-order valence-electron chi connectivity index (χ0n) is 8.96. The molecule has 0 saturated carbocycles. The van der Waals surface area contributed by atoms with Crippen LogP contribution in [0.2, 0.25) is 0 Å². The lowest BCUT2D eigenvalue weighted by Gasteiger charge is -2.13. The van der Waals surface area contributed by atoms with Crippen LogP contribution in [0.25, 0.3) is 0 Å². The minimum Gasteiger partial charge on any atom is -0.354 e. The van der Waals surface area contributed by atoms with Crippen molar-refractivity contribution >= 4 is 30.1 Å². The van der Waals surface area contributed by atoms with Crippen molar-refractivity contribution in [1.29, 1.82) is 0 Å². The van der Waals surface area contributed by atoms with Crippen molar-refractivity contribution in [2.24, 2.45) is 0 Å². The van der Waals surface area contributed by atoms with E-state index >= 15 is 0 Å². The second-order valence-electron chi connectivity index (χ2n) is 3.59. The molecule has 1 aliphatic rings. The van der Waals surface area contributed by atoms with E-state index in [1.54, 1.807) is 11.8 Å². The van der Waals surface area contributed by atoms with E-state index in [1.165, 1.54) is 0 Å². The van der Waals surface area contributed by atoms with Gasteiger partial charge in [-0.3, -0.25) is 4.79 Å². The Labute approximate surface area is 100 Å². The van der Waals surface area contributed by atoms with Crippen LogP contribution in [0.15, 0.2) is 0 Å². The van der Waals surface area contributed by atoms with Gasteiger partial charge in [-0.15, -0.1) is 12.4 Å². The van der Waals surface area contributed by atoms with Crippen molar-refractivity contribution in [2.45, 2.75) is 30.8 Å². The van der Waals surface area contributed by atoms with Crippen molar-refractivity contribution in [3.63, 3.8) is 0 Å². The van der Waals surface area contributed by atoms with Crippen LogP contribution in [0.5, 0.6) is 0 Å². The number of alkyl halides is 1. The normalized spacial score (nSPS) is 26.9. The van der Waals surface area contributed by atoms with Gasteiger partial charge in [0.1, 0.15) is 6.17 Å². The molecule has 15 heavy (non-hydrogen) atoms. The number of thioether (sulfide) groups is 1. The molecule has 3 nitrogen and oxygen atoms in total. The van der Waals surface area contributed by atoms with Crippen LogP contribution in [-0.4, -0.2) is 42.7 Å². The molecule has 1 heterocycles. The van der Waals surface area contributed by atoms with E-state index in [4.69, 9.17) is 0 Å². The van der Waals surface area contributed by atoms with E-state index in [2.05, 4.69) is 10.6 Å². The van der Waals surface area contributed by atoms with Crippen molar-refractivity contribution < 1.29 is 9.18 Å². The molecule has 0 aromatic rings. The molecule has 3 atom stereocenters. The van der Waals surface area contributed by atoms with E-state index in [1.807, 2.05) is 13.2 Å². The van der Waals surface area contributed by atoms with Crippen LogP contribution < -0.4 is 10.6 Å². The second-order valence-corrected chi connectivity index (χ2v) is 4.86. The first-order valence-electron chi connectivity index (χ1n) is 4.81. The molecule has 1 aliphatic heterocycles. The summed E-state index contributed by atoms with van der Waals surface area (Å²) in [7, 11) is 0. The zero-order valence-corrected chi connectivity index (χ0v) is 10.6. The Morgan fingerprint density at radius 2 is 2.40 bits per heavy atom. The number of halogens is 2. The fourth-order valence-corrected chi connectivity index (χ4v) is 1.59. The van der Waals surface area contributed by atoms with Gasteiger partial charge in [-0.1, -0.05) is 6.92 Å². The molecule has 90 valence electrons. The first-order chi connectivity index (χ1) is 6.63. The Kier molecular flexibility index (Phi) is 7.30. The third-order valence-corrected chi connectivity index (χ3v) is 3.33. The summed E-state index contributed by atoms with van der Waals surface area (Å²) >= 11 is 1.70. The molecule has 0 aromatic heterocycles. The maximum Gasteiger partial charge on any atom is 0.237 e. The zero-order chi connectivity index (χ0) is 10.6. The SMILES string of the molecule is CSC(C)CNC(=O)[C@H]1C[C@H](F)CN1.Cl. The highest BCUT2D eigenvalue weighted by Gasteiger charge is 2.28. The summed E-state index contributed by atoms with van der Waals surface area (Å²) in [6.07, 6.45) is 1.44. The number of carbonyl (C=O) groups is 1. The van der Waals surface area contributed by atoms with Crippen molar-refractivity contribution in [2.75, 3.05) is 19.3 Å². The molecule has 2 N–H and O–H groups in total. The predicted octanol–water partition coefficient (Wildman–Crippen LogP) is 0.976. The Morgan fingerprint density at radius 1 is 1.73 bits per heavy atom. The molecule has 1 unspecified atom stereocenters. The minimum absolute atomic E-state index is 0. The summed E-state index contributed by atoms with van der Waals surface area (Å²) in [5, 5.41) is 6.07. The third kappa shape index (κ3) is 5.04. The molecule has 1 amide bonds. The van der Waals surface area contributed by atoms with E-state index in [0.29, 0.717) is 24.8 Å². The molecule has 0 bridgehead atoms. The minimum atomic E-state index is -0.872. The van der Waals surface area contributed by atoms with Crippen LogP contribution in [0.4, 0.5) is 4.39 Å². The second kappa shape index (κ2) is 7.30. The molecule has 0 spiro atoms. The first-order valence-corrected chi connectivity index (χ1v) is 6.10. The Morgan fingerprint density at radius 3 is 2.87 bits per heavy atom. The van der Waals surface area contributed by atoms with E-state index in [-0.39, 0.29) is 24.4 Å². The smallest absolute Gasteiger partial charge is 0.237 e. The molecule has 1 rings (SSSR count). The third-order valence-electron chi connectivity index (χ3n) is 2.36. The maximum absolute atomic E-state index is 12.8. The molecular weight excluding hydrogens is 239 g/mol. The van der Waals surface area contributed by atoms with E-state index in [9.17, 15) is 9.18 Å². The quantitative estimate of drug-likeness (QED) is 0.788. The molecular formula is C9H18ClFN2OS. The number of amides is 1. The van der Waals surface area contributed by atoms with Gasteiger partial charge in [0.25, 0.3) is 0 Å². The summed E-state index contributed by atoms with van der Waals surface area (Å²) in [5.41, 5.74) is 0. The summed E-state index contributed by atoms with van der Waals surface area (Å²) in [6.45, 7) is 3.00.